The van der Waals surface area contributed by atoms with E-state index in [1.807, 2.05) is 12.3 Å². The van der Waals surface area contributed by atoms with Crippen molar-refractivity contribution in [3.63, 3.8) is 0 Å². The summed E-state index contributed by atoms with van der Waals surface area (Å²) in [5.74, 6) is 0.441. The molecule has 0 radical (unpaired) electrons. The molecule has 1 aromatic rings. The summed E-state index contributed by atoms with van der Waals surface area (Å²) in [5, 5.41) is 13.2. The number of hydrogen-bond donors (Lipinski definition) is 1. The van der Waals surface area contributed by atoms with Crippen molar-refractivity contribution < 1.29 is 5.11 Å². The first-order valence-electron chi connectivity index (χ1n) is 4.73. The van der Waals surface area contributed by atoms with Crippen LogP contribution in [-0.2, 0) is 6.42 Å². The van der Waals surface area contributed by atoms with Crippen molar-refractivity contribution in [3.05, 3.63) is 16.1 Å². The van der Waals surface area contributed by atoms with Crippen LogP contribution in [0.5, 0.6) is 0 Å². The molecule has 2 atom stereocenters. The molecule has 0 spiro atoms. The monoisotopic (exact) mass is 197 g/mol. The Balaban J connectivity index is 2.05. The van der Waals surface area contributed by atoms with Crippen LogP contribution in [0, 0.1) is 12.8 Å². The molecule has 1 heterocycles. The Bertz CT molecular complexity index is 310. The van der Waals surface area contributed by atoms with Gasteiger partial charge in [0.25, 0.3) is 0 Å². The molecular formula is C10H15NOS. The van der Waals surface area contributed by atoms with Crippen molar-refractivity contribution in [1.82, 2.24) is 4.98 Å². The molecule has 2 unspecified atom stereocenters. The lowest BCUT2D eigenvalue weighted by atomic mass is 9.69. The molecule has 1 aromatic heterocycles. The van der Waals surface area contributed by atoms with Crippen molar-refractivity contribution in [2.45, 2.75) is 38.7 Å². The van der Waals surface area contributed by atoms with Crippen LogP contribution in [0.1, 0.15) is 30.5 Å². The predicted octanol–water partition coefficient (Wildman–Crippen LogP) is 2.16. The first-order chi connectivity index (χ1) is 6.10. The van der Waals surface area contributed by atoms with Gasteiger partial charge in [-0.25, -0.2) is 4.98 Å². The Morgan fingerprint density at radius 1 is 1.77 bits per heavy atom. The van der Waals surface area contributed by atoms with E-state index >= 15 is 0 Å². The zero-order valence-electron chi connectivity index (χ0n) is 8.08. The van der Waals surface area contributed by atoms with E-state index in [2.05, 4.69) is 11.9 Å². The summed E-state index contributed by atoms with van der Waals surface area (Å²) in [4.78, 5) is 4.37. The second kappa shape index (κ2) is 3.07. The summed E-state index contributed by atoms with van der Waals surface area (Å²) >= 11 is 1.66. The third-order valence-corrected chi connectivity index (χ3v) is 4.02. The molecule has 2 nitrogen and oxygen atoms in total. The van der Waals surface area contributed by atoms with Crippen LogP contribution in [0.25, 0.3) is 0 Å². The Morgan fingerprint density at radius 3 is 2.92 bits per heavy atom. The molecule has 0 aromatic carbocycles. The quantitative estimate of drug-likeness (QED) is 0.788. The van der Waals surface area contributed by atoms with Crippen LogP contribution < -0.4 is 0 Å². The zero-order valence-corrected chi connectivity index (χ0v) is 8.90. The highest BCUT2D eigenvalue weighted by Gasteiger charge is 2.42. The summed E-state index contributed by atoms with van der Waals surface area (Å²) in [5.41, 5.74) is 0.611. The number of aromatic nitrogens is 1. The SMILES string of the molecule is Cc1csc(CC2(O)CCC2C)n1. The van der Waals surface area contributed by atoms with Crippen LogP contribution in [0.3, 0.4) is 0 Å². The number of hydrogen-bond acceptors (Lipinski definition) is 3. The normalized spacial score (nSPS) is 33.0. The average molecular weight is 197 g/mol. The lowest BCUT2D eigenvalue weighted by Gasteiger charge is -2.43. The third kappa shape index (κ3) is 1.63. The maximum Gasteiger partial charge on any atom is 0.0956 e. The second-order valence-corrected chi connectivity index (χ2v) is 5.05. The number of nitrogens with zero attached hydrogens (tertiary/aromatic N) is 1. The highest BCUT2D eigenvalue weighted by Crippen LogP contribution is 2.40. The average Bonchev–Trinajstić information content (AvgIpc) is 2.48. The lowest BCUT2D eigenvalue weighted by molar-refractivity contribution is -0.0851. The Hall–Kier alpha value is -0.410. The van der Waals surface area contributed by atoms with E-state index < -0.39 is 5.60 Å². The molecule has 1 aliphatic rings. The number of thiazole rings is 1. The van der Waals surface area contributed by atoms with Gasteiger partial charge in [0, 0.05) is 17.5 Å². The zero-order chi connectivity index (χ0) is 9.47. The van der Waals surface area contributed by atoms with Gasteiger partial charge in [-0.3, -0.25) is 0 Å². The maximum atomic E-state index is 10.1. The molecule has 1 fully saturated rings. The van der Waals surface area contributed by atoms with Gasteiger partial charge in [-0.05, 0) is 25.7 Å². The molecule has 1 saturated carbocycles. The third-order valence-electron chi connectivity index (χ3n) is 3.05. The molecule has 0 amide bonds. The van der Waals surface area contributed by atoms with Gasteiger partial charge in [-0.15, -0.1) is 11.3 Å². The van der Waals surface area contributed by atoms with E-state index in [4.69, 9.17) is 0 Å². The van der Waals surface area contributed by atoms with Gasteiger partial charge >= 0.3 is 0 Å². The smallest absolute Gasteiger partial charge is 0.0956 e. The van der Waals surface area contributed by atoms with Gasteiger partial charge in [0.1, 0.15) is 0 Å². The Labute approximate surface area is 82.6 Å². The first-order valence-corrected chi connectivity index (χ1v) is 5.61. The van der Waals surface area contributed by atoms with Crippen molar-refractivity contribution >= 4 is 11.3 Å². The van der Waals surface area contributed by atoms with Gasteiger partial charge in [-0.2, -0.15) is 0 Å². The van der Waals surface area contributed by atoms with Gasteiger partial charge in [0.05, 0.1) is 10.6 Å². The molecule has 2 rings (SSSR count). The van der Waals surface area contributed by atoms with E-state index in [1.165, 1.54) is 0 Å². The van der Waals surface area contributed by atoms with Gasteiger partial charge in [0.2, 0.25) is 0 Å². The molecule has 0 aliphatic heterocycles. The fraction of sp³-hybridized carbons (Fsp3) is 0.700. The highest BCUT2D eigenvalue weighted by atomic mass is 32.1. The Morgan fingerprint density at radius 2 is 2.54 bits per heavy atom. The summed E-state index contributed by atoms with van der Waals surface area (Å²) in [6.07, 6.45) is 2.83. The predicted molar refractivity (Wildman–Crippen MR) is 53.9 cm³/mol. The van der Waals surface area contributed by atoms with Crippen LogP contribution in [0.4, 0.5) is 0 Å². The van der Waals surface area contributed by atoms with Crippen molar-refractivity contribution in [2.75, 3.05) is 0 Å². The fourth-order valence-electron chi connectivity index (χ4n) is 1.77. The molecule has 1 N–H and O–H groups in total. The summed E-state index contributed by atoms with van der Waals surface area (Å²) < 4.78 is 0. The van der Waals surface area contributed by atoms with Crippen molar-refractivity contribution in [2.24, 2.45) is 5.92 Å². The number of aliphatic hydroxyl groups is 1. The summed E-state index contributed by atoms with van der Waals surface area (Å²) in [6.45, 7) is 4.11. The van der Waals surface area contributed by atoms with Gasteiger partial charge in [-0.1, -0.05) is 6.92 Å². The van der Waals surface area contributed by atoms with E-state index in [1.54, 1.807) is 11.3 Å². The van der Waals surface area contributed by atoms with Gasteiger partial charge in [0.15, 0.2) is 0 Å². The van der Waals surface area contributed by atoms with E-state index in [9.17, 15) is 5.11 Å². The molecule has 1 aliphatic carbocycles. The van der Waals surface area contributed by atoms with Gasteiger partial charge < -0.3 is 5.11 Å². The fourth-order valence-corrected chi connectivity index (χ4v) is 2.66. The van der Waals surface area contributed by atoms with Crippen molar-refractivity contribution in [1.29, 1.82) is 0 Å². The van der Waals surface area contributed by atoms with Crippen molar-refractivity contribution in [3.8, 4) is 0 Å². The minimum Gasteiger partial charge on any atom is -0.389 e. The van der Waals surface area contributed by atoms with Crippen LogP contribution >= 0.6 is 11.3 Å². The van der Waals surface area contributed by atoms with E-state index in [0.717, 1.165) is 30.0 Å². The molecule has 0 saturated heterocycles. The van der Waals surface area contributed by atoms with E-state index in [0.29, 0.717) is 5.92 Å². The van der Waals surface area contributed by atoms with Crippen LogP contribution in [0.2, 0.25) is 0 Å². The number of rotatable bonds is 2. The second-order valence-electron chi connectivity index (χ2n) is 4.10. The van der Waals surface area contributed by atoms with E-state index in [-0.39, 0.29) is 0 Å². The topological polar surface area (TPSA) is 33.1 Å². The summed E-state index contributed by atoms with van der Waals surface area (Å²) in [7, 11) is 0. The minimum atomic E-state index is -0.454. The molecule has 72 valence electrons. The number of aryl methyl sites for hydroxylation is 1. The van der Waals surface area contributed by atoms with Crippen LogP contribution in [-0.4, -0.2) is 15.7 Å². The minimum absolute atomic E-state index is 0.441. The maximum absolute atomic E-state index is 10.1. The van der Waals surface area contributed by atoms with Crippen LogP contribution in [0.15, 0.2) is 5.38 Å². The summed E-state index contributed by atoms with van der Waals surface area (Å²) in [6, 6.07) is 0. The molecular weight excluding hydrogens is 182 g/mol. The largest absolute Gasteiger partial charge is 0.389 e. The molecule has 13 heavy (non-hydrogen) atoms. The highest BCUT2D eigenvalue weighted by molar-refractivity contribution is 7.09. The molecule has 3 heteroatoms. The Kier molecular flexibility index (Phi) is 2.16. The molecule has 0 bridgehead atoms. The lowest BCUT2D eigenvalue weighted by Crippen LogP contribution is -2.47. The first kappa shape index (κ1) is 9.16. The standard InChI is InChI=1S/C10H15NOS/c1-7-3-4-10(7,12)5-9-11-8(2)6-13-9/h6-7,12H,3-5H2,1-2H3.